The molecule has 0 aliphatic heterocycles. The number of hydrogen-bond acceptors (Lipinski definition) is 2. The molecule has 0 radical (unpaired) electrons. The summed E-state index contributed by atoms with van der Waals surface area (Å²) in [6.45, 7) is 13.7. The maximum Gasteiger partial charge on any atom is 0.0591 e. The predicted molar refractivity (Wildman–Crippen MR) is 58.0 cm³/mol. The monoisotopic (exact) mass is 187 g/mol. The van der Waals surface area contributed by atoms with Crippen molar-refractivity contribution in [2.75, 3.05) is 19.8 Å². The van der Waals surface area contributed by atoms with Crippen molar-refractivity contribution in [1.82, 2.24) is 5.32 Å². The van der Waals surface area contributed by atoms with Crippen LogP contribution in [0.25, 0.3) is 0 Å². The third-order valence-corrected chi connectivity index (χ3v) is 1.80. The average molecular weight is 187 g/mol. The Balaban J connectivity index is 3.09. The van der Waals surface area contributed by atoms with Gasteiger partial charge in [0.1, 0.15) is 0 Å². The summed E-state index contributed by atoms with van der Waals surface area (Å²) in [4.78, 5) is 0. The van der Waals surface area contributed by atoms with Crippen LogP contribution < -0.4 is 5.32 Å². The fourth-order valence-electron chi connectivity index (χ4n) is 0.900. The highest BCUT2D eigenvalue weighted by atomic mass is 16.5. The first kappa shape index (κ1) is 12.9. The topological polar surface area (TPSA) is 21.3 Å². The number of hydrogen-bond donors (Lipinski definition) is 1. The van der Waals surface area contributed by atoms with Gasteiger partial charge in [-0.3, -0.25) is 0 Å². The van der Waals surface area contributed by atoms with Crippen LogP contribution in [0.4, 0.5) is 0 Å². The summed E-state index contributed by atoms with van der Waals surface area (Å²) in [6, 6.07) is 0.561. The van der Waals surface area contributed by atoms with E-state index in [9.17, 15) is 0 Å². The molecule has 0 aromatic carbocycles. The third kappa shape index (κ3) is 11.9. The van der Waals surface area contributed by atoms with Crippen LogP contribution in [0.3, 0.4) is 0 Å². The molecule has 2 nitrogen and oxygen atoms in total. The summed E-state index contributed by atoms with van der Waals surface area (Å²) in [5.41, 5.74) is 0.394. The van der Waals surface area contributed by atoms with Gasteiger partial charge in [0.15, 0.2) is 0 Å². The highest BCUT2D eigenvalue weighted by Crippen LogP contribution is 2.17. The standard InChI is InChI=1S/C11H25NO/c1-10(2)12-7-9-13-8-6-11(3,4)5/h10,12H,6-9H2,1-5H3. The minimum absolute atomic E-state index is 0.394. The Morgan fingerprint density at radius 2 is 1.77 bits per heavy atom. The second-order valence-corrected chi connectivity index (χ2v) is 5.03. The van der Waals surface area contributed by atoms with E-state index in [0.29, 0.717) is 11.5 Å². The van der Waals surface area contributed by atoms with Crippen molar-refractivity contribution < 1.29 is 4.74 Å². The SMILES string of the molecule is CC(C)NCCOCCC(C)(C)C. The molecule has 1 N–H and O–H groups in total. The molecule has 0 heterocycles. The molecular weight excluding hydrogens is 162 g/mol. The lowest BCUT2D eigenvalue weighted by Gasteiger charge is -2.17. The van der Waals surface area contributed by atoms with E-state index >= 15 is 0 Å². The van der Waals surface area contributed by atoms with E-state index in [4.69, 9.17) is 4.74 Å². The van der Waals surface area contributed by atoms with E-state index in [2.05, 4.69) is 39.9 Å². The molecule has 0 rings (SSSR count). The molecule has 0 aliphatic rings. The molecule has 13 heavy (non-hydrogen) atoms. The molecule has 0 unspecified atom stereocenters. The lowest BCUT2D eigenvalue weighted by molar-refractivity contribution is 0.109. The second-order valence-electron chi connectivity index (χ2n) is 5.03. The Kier molecular flexibility index (Phi) is 6.35. The molecule has 0 aromatic heterocycles. The zero-order chi connectivity index (χ0) is 10.3. The van der Waals surface area contributed by atoms with E-state index in [1.54, 1.807) is 0 Å². The molecule has 0 fully saturated rings. The first-order chi connectivity index (χ1) is 5.92. The molecule has 0 saturated heterocycles. The van der Waals surface area contributed by atoms with E-state index in [-0.39, 0.29) is 0 Å². The minimum Gasteiger partial charge on any atom is -0.380 e. The van der Waals surface area contributed by atoms with Gasteiger partial charge in [0.05, 0.1) is 6.61 Å². The predicted octanol–water partition coefficient (Wildman–Crippen LogP) is 2.44. The van der Waals surface area contributed by atoms with Gasteiger partial charge in [0, 0.05) is 19.2 Å². The number of nitrogens with one attached hydrogen (secondary N) is 1. The largest absolute Gasteiger partial charge is 0.380 e. The number of ether oxygens (including phenoxy) is 1. The quantitative estimate of drug-likeness (QED) is 0.645. The van der Waals surface area contributed by atoms with Crippen molar-refractivity contribution in [2.24, 2.45) is 5.41 Å². The van der Waals surface area contributed by atoms with E-state index in [0.717, 1.165) is 26.2 Å². The van der Waals surface area contributed by atoms with Crippen molar-refractivity contribution in [3.05, 3.63) is 0 Å². The lowest BCUT2D eigenvalue weighted by atomic mass is 9.93. The minimum atomic E-state index is 0.394. The van der Waals surface area contributed by atoms with Gasteiger partial charge in [-0.15, -0.1) is 0 Å². The average Bonchev–Trinajstić information content (AvgIpc) is 1.93. The first-order valence-electron chi connectivity index (χ1n) is 5.23. The molecule has 0 spiro atoms. The van der Waals surface area contributed by atoms with E-state index < -0.39 is 0 Å². The van der Waals surface area contributed by atoms with Crippen molar-refractivity contribution in [2.45, 2.75) is 47.1 Å². The Labute approximate surface area is 83.1 Å². The highest BCUT2D eigenvalue weighted by molar-refractivity contribution is 4.60. The Morgan fingerprint density at radius 1 is 1.15 bits per heavy atom. The summed E-state index contributed by atoms with van der Waals surface area (Å²) < 4.78 is 5.50. The van der Waals surface area contributed by atoms with Gasteiger partial charge in [0.25, 0.3) is 0 Å². The molecule has 0 aliphatic carbocycles. The van der Waals surface area contributed by atoms with Crippen LogP contribution in [0.15, 0.2) is 0 Å². The van der Waals surface area contributed by atoms with Crippen LogP contribution in [0, 0.1) is 5.41 Å². The normalized spacial score (nSPS) is 12.5. The fraction of sp³-hybridized carbons (Fsp3) is 1.00. The molecule has 2 heteroatoms. The molecule has 0 saturated carbocycles. The van der Waals surface area contributed by atoms with Crippen LogP contribution in [-0.4, -0.2) is 25.8 Å². The summed E-state index contributed by atoms with van der Waals surface area (Å²) in [7, 11) is 0. The summed E-state index contributed by atoms with van der Waals surface area (Å²) in [6.07, 6.45) is 1.13. The molecule has 0 amide bonds. The third-order valence-electron chi connectivity index (χ3n) is 1.80. The van der Waals surface area contributed by atoms with Gasteiger partial charge >= 0.3 is 0 Å². The Hall–Kier alpha value is -0.0800. The Morgan fingerprint density at radius 3 is 2.23 bits per heavy atom. The van der Waals surface area contributed by atoms with Gasteiger partial charge in [-0.1, -0.05) is 34.6 Å². The van der Waals surface area contributed by atoms with Gasteiger partial charge in [0.2, 0.25) is 0 Å². The van der Waals surface area contributed by atoms with Crippen molar-refractivity contribution in [1.29, 1.82) is 0 Å². The highest BCUT2D eigenvalue weighted by Gasteiger charge is 2.08. The van der Waals surface area contributed by atoms with Gasteiger partial charge in [-0.05, 0) is 11.8 Å². The van der Waals surface area contributed by atoms with Crippen LogP contribution in [0.2, 0.25) is 0 Å². The van der Waals surface area contributed by atoms with Crippen molar-refractivity contribution in [3.8, 4) is 0 Å². The van der Waals surface area contributed by atoms with Crippen molar-refractivity contribution in [3.63, 3.8) is 0 Å². The molecule has 0 aromatic rings. The smallest absolute Gasteiger partial charge is 0.0591 e. The first-order valence-corrected chi connectivity index (χ1v) is 5.23. The van der Waals surface area contributed by atoms with E-state index in [1.165, 1.54) is 0 Å². The van der Waals surface area contributed by atoms with Crippen LogP contribution in [-0.2, 0) is 4.74 Å². The fourth-order valence-corrected chi connectivity index (χ4v) is 0.900. The second kappa shape index (κ2) is 6.39. The zero-order valence-electron chi connectivity index (χ0n) is 9.81. The molecule has 80 valence electrons. The van der Waals surface area contributed by atoms with Crippen molar-refractivity contribution >= 4 is 0 Å². The van der Waals surface area contributed by atoms with Crippen LogP contribution >= 0.6 is 0 Å². The molecule has 0 atom stereocenters. The van der Waals surface area contributed by atoms with Gasteiger partial charge in [-0.2, -0.15) is 0 Å². The maximum absolute atomic E-state index is 5.50. The van der Waals surface area contributed by atoms with Gasteiger partial charge < -0.3 is 10.1 Å². The lowest BCUT2D eigenvalue weighted by Crippen LogP contribution is -2.27. The molecule has 0 bridgehead atoms. The maximum atomic E-state index is 5.50. The summed E-state index contributed by atoms with van der Waals surface area (Å²) in [5.74, 6) is 0. The molecular formula is C11H25NO. The zero-order valence-corrected chi connectivity index (χ0v) is 9.81. The van der Waals surface area contributed by atoms with Crippen LogP contribution in [0.1, 0.15) is 41.0 Å². The number of rotatable bonds is 6. The Bertz CT molecular complexity index is 116. The van der Waals surface area contributed by atoms with Crippen LogP contribution in [0.5, 0.6) is 0 Å². The van der Waals surface area contributed by atoms with E-state index in [1.807, 2.05) is 0 Å². The summed E-state index contributed by atoms with van der Waals surface area (Å²) >= 11 is 0. The van der Waals surface area contributed by atoms with Gasteiger partial charge in [-0.25, -0.2) is 0 Å². The summed E-state index contributed by atoms with van der Waals surface area (Å²) in [5, 5.41) is 3.32.